The van der Waals surface area contributed by atoms with Gasteiger partial charge in [-0.1, -0.05) is 42.5 Å². The molecule has 0 saturated heterocycles. The summed E-state index contributed by atoms with van der Waals surface area (Å²) < 4.78 is 1.39. The van der Waals surface area contributed by atoms with Gasteiger partial charge in [0.25, 0.3) is 0 Å². The summed E-state index contributed by atoms with van der Waals surface area (Å²) in [5.74, 6) is 0. The molecule has 2 heterocycles. The molecule has 4 aromatic rings. The van der Waals surface area contributed by atoms with E-state index in [0.29, 0.717) is 0 Å². The van der Waals surface area contributed by atoms with Gasteiger partial charge in [-0.3, -0.25) is 0 Å². The Morgan fingerprint density at radius 1 is 0.722 bits per heavy atom. The third kappa shape index (κ3) is 1.43. The van der Waals surface area contributed by atoms with Gasteiger partial charge in [-0.05, 0) is 27.6 Å². The SMILES string of the molecule is c1ccc2c(-c3cccc4ccsc34)scc2c1. The summed E-state index contributed by atoms with van der Waals surface area (Å²) in [6.45, 7) is 0. The quantitative estimate of drug-likeness (QED) is 0.409. The second-order valence-corrected chi connectivity index (χ2v) is 6.09. The van der Waals surface area contributed by atoms with E-state index >= 15 is 0 Å². The third-order valence-corrected chi connectivity index (χ3v) is 5.24. The highest BCUT2D eigenvalue weighted by Crippen LogP contribution is 2.40. The Morgan fingerprint density at radius 2 is 1.61 bits per heavy atom. The van der Waals surface area contributed by atoms with Crippen molar-refractivity contribution < 1.29 is 0 Å². The molecule has 0 N–H and O–H groups in total. The van der Waals surface area contributed by atoms with Crippen molar-refractivity contribution >= 4 is 43.5 Å². The summed E-state index contributed by atoms with van der Waals surface area (Å²) in [6.07, 6.45) is 0. The largest absolute Gasteiger partial charge is 0.143 e. The van der Waals surface area contributed by atoms with Crippen LogP contribution in [0.1, 0.15) is 0 Å². The first-order valence-electron chi connectivity index (χ1n) is 5.86. The zero-order chi connectivity index (χ0) is 11.9. The van der Waals surface area contributed by atoms with Crippen LogP contribution in [-0.4, -0.2) is 0 Å². The molecule has 18 heavy (non-hydrogen) atoms. The standard InChI is InChI=1S/C16H10S2/c1-2-6-13-12(4-1)10-18-16(13)14-7-3-5-11-8-9-17-15(11)14/h1-10H. The minimum atomic E-state index is 1.34. The van der Waals surface area contributed by atoms with E-state index in [1.165, 1.54) is 31.3 Å². The van der Waals surface area contributed by atoms with Gasteiger partial charge in [0.1, 0.15) is 0 Å². The minimum absolute atomic E-state index is 1.34. The summed E-state index contributed by atoms with van der Waals surface area (Å²) in [7, 11) is 0. The molecule has 0 bridgehead atoms. The van der Waals surface area contributed by atoms with Crippen LogP contribution >= 0.6 is 22.7 Å². The lowest BCUT2D eigenvalue weighted by atomic mass is 10.1. The van der Waals surface area contributed by atoms with Crippen molar-refractivity contribution in [2.24, 2.45) is 0 Å². The first-order valence-corrected chi connectivity index (χ1v) is 7.62. The molecule has 2 heteroatoms. The molecule has 0 aliphatic heterocycles. The molecule has 0 aliphatic carbocycles. The normalized spacial score (nSPS) is 11.3. The number of fused-ring (bicyclic) bond motifs is 2. The molecule has 4 rings (SSSR count). The molecule has 0 nitrogen and oxygen atoms in total. The van der Waals surface area contributed by atoms with Crippen molar-refractivity contribution in [2.45, 2.75) is 0 Å². The van der Waals surface area contributed by atoms with Gasteiger partial charge in [-0.15, -0.1) is 22.7 Å². The second-order valence-electron chi connectivity index (χ2n) is 4.30. The summed E-state index contributed by atoms with van der Waals surface area (Å²) in [5.41, 5.74) is 1.37. The average molecular weight is 266 g/mol. The summed E-state index contributed by atoms with van der Waals surface area (Å²) in [6, 6.07) is 17.4. The van der Waals surface area contributed by atoms with Crippen LogP contribution in [0.3, 0.4) is 0 Å². The van der Waals surface area contributed by atoms with Crippen molar-refractivity contribution in [1.29, 1.82) is 0 Å². The first-order chi connectivity index (χ1) is 8.93. The van der Waals surface area contributed by atoms with Crippen LogP contribution in [0, 0.1) is 0 Å². The maximum atomic E-state index is 2.25. The van der Waals surface area contributed by atoms with Gasteiger partial charge in [0.15, 0.2) is 0 Å². The molecule has 0 aliphatic rings. The molecule has 0 saturated carbocycles. The minimum Gasteiger partial charge on any atom is -0.143 e. The fraction of sp³-hybridized carbons (Fsp3) is 0. The topological polar surface area (TPSA) is 0 Å². The number of hydrogen-bond acceptors (Lipinski definition) is 2. The number of rotatable bonds is 1. The lowest BCUT2D eigenvalue weighted by molar-refractivity contribution is 1.81. The van der Waals surface area contributed by atoms with Gasteiger partial charge in [0.2, 0.25) is 0 Å². The van der Waals surface area contributed by atoms with E-state index in [-0.39, 0.29) is 0 Å². The van der Waals surface area contributed by atoms with Gasteiger partial charge in [0, 0.05) is 20.5 Å². The van der Waals surface area contributed by atoms with Crippen LogP contribution in [0.15, 0.2) is 59.3 Å². The molecule has 0 atom stereocenters. The van der Waals surface area contributed by atoms with E-state index in [1.807, 2.05) is 22.7 Å². The summed E-state index contributed by atoms with van der Waals surface area (Å²) in [5, 5.41) is 8.46. The summed E-state index contributed by atoms with van der Waals surface area (Å²) in [4.78, 5) is 1.39. The zero-order valence-corrected chi connectivity index (χ0v) is 11.2. The lowest BCUT2D eigenvalue weighted by Crippen LogP contribution is -1.74. The Kier molecular flexibility index (Phi) is 2.25. The number of thiophene rings is 2. The fourth-order valence-electron chi connectivity index (χ4n) is 2.37. The Bertz CT molecular complexity index is 836. The number of benzene rings is 2. The smallest absolute Gasteiger partial charge is 0.0435 e. The van der Waals surface area contributed by atoms with Gasteiger partial charge in [0.05, 0.1) is 0 Å². The zero-order valence-electron chi connectivity index (χ0n) is 9.59. The molecule has 0 amide bonds. The van der Waals surface area contributed by atoms with E-state index in [1.54, 1.807) is 0 Å². The van der Waals surface area contributed by atoms with Crippen LogP contribution in [0.2, 0.25) is 0 Å². The predicted molar refractivity (Wildman–Crippen MR) is 82.6 cm³/mol. The van der Waals surface area contributed by atoms with Gasteiger partial charge in [-0.25, -0.2) is 0 Å². The van der Waals surface area contributed by atoms with Crippen molar-refractivity contribution in [3.63, 3.8) is 0 Å². The monoisotopic (exact) mass is 266 g/mol. The maximum Gasteiger partial charge on any atom is 0.0435 e. The molecule has 0 unspecified atom stereocenters. The van der Waals surface area contributed by atoms with Crippen LogP contribution in [0.5, 0.6) is 0 Å². The van der Waals surface area contributed by atoms with Crippen LogP contribution < -0.4 is 0 Å². The van der Waals surface area contributed by atoms with Crippen molar-refractivity contribution in [2.75, 3.05) is 0 Å². The van der Waals surface area contributed by atoms with Crippen molar-refractivity contribution in [3.8, 4) is 10.4 Å². The van der Waals surface area contributed by atoms with E-state index in [9.17, 15) is 0 Å². The Hall–Kier alpha value is -1.64. The van der Waals surface area contributed by atoms with E-state index in [0.717, 1.165) is 0 Å². The van der Waals surface area contributed by atoms with Gasteiger partial charge in [-0.2, -0.15) is 0 Å². The molecule has 0 spiro atoms. The van der Waals surface area contributed by atoms with E-state index in [4.69, 9.17) is 0 Å². The molecule has 2 aromatic carbocycles. The van der Waals surface area contributed by atoms with Crippen molar-refractivity contribution in [3.05, 3.63) is 59.3 Å². The lowest BCUT2D eigenvalue weighted by Gasteiger charge is -2.01. The molecule has 86 valence electrons. The highest BCUT2D eigenvalue weighted by Gasteiger charge is 2.09. The van der Waals surface area contributed by atoms with Gasteiger partial charge < -0.3 is 0 Å². The van der Waals surface area contributed by atoms with Crippen LogP contribution in [0.25, 0.3) is 31.3 Å². The average Bonchev–Trinajstić information content (AvgIpc) is 3.05. The third-order valence-electron chi connectivity index (χ3n) is 3.23. The molecule has 2 aromatic heterocycles. The van der Waals surface area contributed by atoms with Crippen LogP contribution in [-0.2, 0) is 0 Å². The highest BCUT2D eigenvalue weighted by molar-refractivity contribution is 7.19. The maximum absolute atomic E-state index is 2.25. The highest BCUT2D eigenvalue weighted by atomic mass is 32.1. The Labute approximate surface area is 113 Å². The van der Waals surface area contributed by atoms with Gasteiger partial charge >= 0.3 is 0 Å². The van der Waals surface area contributed by atoms with Crippen LogP contribution in [0.4, 0.5) is 0 Å². The Balaban J connectivity index is 2.10. The predicted octanol–water partition coefficient (Wildman–Crippen LogP) is 5.78. The molecule has 0 fully saturated rings. The molecular formula is C16H10S2. The van der Waals surface area contributed by atoms with Crippen molar-refractivity contribution in [1.82, 2.24) is 0 Å². The first kappa shape index (κ1) is 10.3. The molecular weight excluding hydrogens is 256 g/mol. The molecule has 0 radical (unpaired) electrons. The van der Waals surface area contributed by atoms with E-state index < -0.39 is 0 Å². The number of hydrogen-bond donors (Lipinski definition) is 0. The summed E-state index contributed by atoms with van der Waals surface area (Å²) >= 11 is 3.67. The Morgan fingerprint density at radius 3 is 2.61 bits per heavy atom. The second kappa shape index (κ2) is 3.94. The fourth-order valence-corrected chi connectivity index (χ4v) is 4.42. The van der Waals surface area contributed by atoms with E-state index in [2.05, 4.69) is 59.3 Å².